The van der Waals surface area contributed by atoms with Crippen molar-refractivity contribution in [2.24, 2.45) is 5.92 Å². The lowest BCUT2D eigenvalue weighted by Gasteiger charge is -2.09. The zero-order valence-electron chi connectivity index (χ0n) is 12.1. The van der Waals surface area contributed by atoms with Crippen LogP contribution in [0.4, 0.5) is 0 Å². The Bertz CT molecular complexity index is 207. The standard InChI is InChI=1S/C16H30O2/c1-2-3-4-5-6-7-8-11-14-18-16(17)15-12-9-10-13-15/h15H,2-14H2,1H3. The van der Waals surface area contributed by atoms with E-state index in [1.54, 1.807) is 0 Å². The van der Waals surface area contributed by atoms with Crippen molar-refractivity contribution in [3.8, 4) is 0 Å². The van der Waals surface area contributed by atoms with Gasteiger partial charge in [0, 0.05) is 0 Å². The fourth-order valence-corrected chi connectivity index (χ4v) is 2.69. The molecule has 0 aromatic heterocycles. The molecule has 0 atom stereocenters. The lowest BCUT2D eigenvalue weighted by atomic mass is 10.1. The van der Waals surface area contributed by atoms with Crippen molar-refractivity contribution in [3.63, 3.8) is 0 Å². The van der Waals surface area contributed by atoms with Gasteiger partial charge >= 0.3 is 5.97 Å². The van der Waals surface area contributed by atoms with Crippen LogP contribution in [0.1, 0.15) is 84.0 Å². The summed E-state index contributed by atoms with van der Waals surface area (Å²) in [6.45, 7) is 2.89. The summed E-state index contributed by atoms with van der Waals surface area (Å²) in [5, 5.41) is 0. The summed E-state index contributed by atoms with van der Waals surface area (Å²) in [6.07, 6.45) is 14.9. The minimum atomic E-state index is 0.0652. The van der Waals surface area contributed by atoms with Crippen molar-refractivity contribution in [1.82, 2.24) is 0 Å². The Morgan fingerprint density at radius 3 is 2.11 bits per heavy atom. The number of carbonyl (C=O) groups excluding carboxylic acids is 1. The first-order valence-corrected chi connectivity index (χ1v) is 8.01. The van der Waals surface area contributed by atoms with Crippen LogP contribution in [0.15, 0.2) is 0 Å². The molecular weight excluding hydrogens is 224 g/mol. The maximum atomic E-state index is 11.6. The molecule has 1 fully saturated rings. The van der Waals surface area contributed by atoms with Crippen LogP contribution in [0.2, 0.25) is 0 Å². The molecule has 2 heteroatoms. The second kappa shape index (κ2) is 10.4. The summed E-state index contributed by atoms with van der Waals surface area (Å²) in [5.74, 6) is 0.287. The Hall–Kier alpha value is -0.530. The second-order valence-electron chi connectivity index (χ2n) is 5.62. The number of hydrogen-bond donors (Lipinski definition) is 0. The van der Waals surface area contributed by atoms with E-state index in [-0.39, 0.29) is 11.9 Å². The number of carbonyl (C=O) groups is 1. The molecule has 0 aromatic rings. The maximum Gasteiger partial charge on any atom is 0.308 e. The van der Waals surface area contributed by atoms with Gasteiger partial charge in [-0.25, -0.2) is 0 Å². The van der Waals surface area contributed by atoms with Gasteiger partial charge in [0.2, 0.25) is 0 Å². The van der Waals surface area contributed by atoms with Crippen LogP contribution in [-0.4, -0.2) is 12.6 Å². The van der Waals surface area contributed by atoms with E-state index in [1.807, 2.05) is 0 Å². The third kappa shape index (κ3) is 7.03. The molecule has 1 aliphatic rings. The maximum absolute atomic E-state index is 11.6. The highest BCUT2D eigenvalue weighted by Crippen LogP contribution is 2.25. The smallest absolute Gasteiger partial charge is 0.308 e. The average molecular weight is 254 g/mol. The van der Waals surface area contributed by atoms with Gasteiger partial charge in [-0.3, -0.25) is 4.79 Å². The summed E-state index contributed by atoms with van der Waals surface area (Å²) >= 11 is 0. The van der Waals surface area contributed by atoms with E-state index < -0.39 is 0 Å². The average Bonchev–Trinajstić information content (AvgIpc) is 2.90. The van der Waals surface area contributed by atoms with Crippen LogP contribution in [0, 0.1) is 5.92 Å². The lowest BCUT2D eigenvalue weighted by Crippen LogP contribution is -2.15. The molecule has 106 valence electrons. The predicted molar refractivity (Wildman–Crippen MR) is 75.5 cm³/mol. The van der Waals surface area contributed by atoms with Gasteiger partial charge in [0.25, 0.3) is 0 Å². The molecule has 0 amide bonds. The van der Waals surface area contributed by atoms with Crippen LogP contribution < -0.4 is 0 Å². The number of ether oxygens (including phenoxy) is 1. The zero-order valence-corrected chi connectivity index (χ0v) is 12.1. The normalized spacial score (nSPS) is 16.1. The summed E-state index contributed by atoms with van der Waals surface area (Å²) in [7, 11) is 0. The van der Waals surface area contributed by atoms with Crippen molar-refractivity contribution in [1.29, 1.82) is 0 Å². The van der Waals surface area contributed by atoms with Gasteiger partial charge in [-0.2, -0.15) is 0 Å². The van der Waals surface area contributed by atoms with Gasteiger partial charge in [0.05, 0.1) is 12.5 Å². The highest BCUT2D eigenvalue weighted by molar-refractivity contribution is 5.72. The first kappa shape index (κ1) is 15.5. The van der Waals surface area contributed by atoms with Gasteiger partial charge in [0.1, 0.15) is 0 Å². The summed E-state index contributed by atoms with van der Waals surface area (Å²) in [5.41, 5.74) is 0. The minimum Gasteiger partial charge on any atom is -0.465 e. The van der Waals surface area contributed by atoms with E-state index in [9.17, 15) is 4.79 Å². The van der Waals surface area contributed by atoms with Crippen LogP contribution in [0.25, 0.3) is 0 Å². The number of rotatable bonds is 10. The molecule has 1 rings (SSSR count). The van der Waals surface area contributed by atoms with E-state index >= 15 is 0 Å². The Morgan fingerprint density at radius 2 is 1.50 bits per heavy atom. The van der Waals surface area contributed by atoms with Crippen LogP contribution in [0.5, 0.6) is 0 Å². The molecule has 0 radical (unpaired) electrons. The molecule has 2 nitrogen and oxygen atoms in total. The van der Waals surface area contributed by atoms with Crippen molar-refractivity contribution in [3.05, 3.63) is 0 Å². The monoisotopic (exact) mass is 254 g/mol. The number of unbranched alkanes of at least 4 members (excludes halogenated alkanes) is 7. The first-order valence-electron chi connectivity index (χ1n) is 8.01. The predicted octanol–water partition coefficient (Wildman–Crippen LogP) is 4.86. The highest BCUT2D eigenvalue weighted by atomic mass is 16.5. The Labute approximate surface area is 112 Å². The van der Waals surface area contributed by atoms with Crippen molar-refractivity contribution < 1.29 is 9.53 Å². The van der Waals surface area contributed by atoms with Crippen LogP contribution in [-0.2, 0) is 9.53 Å². The molecule has 0 saturated heterocycles. The van der Waals surface area contributed by atoms with E-state index in [0.717, 1.165) is 19.3 Å². The van der Waals surface area contributed by atoms with E-state index in [0.29, 0.717) is 6.61 Å². The Morgan fingerprint density at radius 1 is 0.944 bits per heavy atom. The SMILES string of the molecule is CCCCCCCCCCOC(=O)C1CCCC1. The summed E-state index contributed by atoms with van der Waals surface area (Å²) < 4.78 is 5.33. The second-order valence-corrected chi connectivity index (χ2v) is 5.62. The Balaban J connectivity index is 1.82. The number of hydrogen-bond acceptors (Lipinski definition) is 2. The minimum absolute atomic E-state index is 0.0652. The van der Waals surface area contributed by atoms with Gasteiger partial charge in [-0.1, -0.05) is 64.7 Å². The molecule has 0 unspecified atom stereocenters. The highest BCUT2D eigenvalue weighted by Gasteiger charge is 2.23. The largest absolute Gasteiger partial charge is 0.465 e. The van der Waals surface area contributed by atoms with Gasteiger partial charge in [0.15, 0.2) is 0 Å². The fraction of sp³-hybridized carbons (Fsp3) is 0.938. The molecule has 18 heavy (non-hydrogen) atoms. The third-order valence-corrected chi connectivity index (χ3v) is 3.93. The molecule has 0 bridgehead atoms. The van der Waals surface area contributed by atoms with E-state index in [4.69, 9.17) is 4.74 Å². The third-order valence-electron chi connectivity index (χ3n) is 3.93. The van der Waals surface area contributed by atoms with Crippen molar-refractivity contribution in [2.75, 3.05) is 6.61 Å². The molecule has 1 saturated carbocycles. The van der Waals surface area contributed by atoms with E-state index in [1.165, 1.54) is 57.8 Å². The Kier molecular flexibility index (Phi) is 8.97. The first-order chi connectivity index (χ1) is 8.84. The fourth-order valence-electron chi connectivity index (χ4n) is 2.69. The molecule has 0 N–H and O–H groups in total. The van der Waals surface area contributed by atoms with Gasteiger partial charge < -0.3 is 4.74 Å². The number of esters is 1. The summed E-state index contributed by atoms with van der Waals surface area (Å²) in [6, 6.07) is 0. The molecule has 0 spiro atoms. The van der Waals surface area contributed by atoms with Crippen LogP contribution in [0.3, 0.4) is 0 Å². The van der Waals surface area contributed by atoms with Crippen molar-refractivity contribution in [2.45, 2.75) is 84.0 Å². The molecule has 1 aliphatic carbocycles. The van der Waals surface area contributed by atoms with Crippen LogP contribution >= 0.6 is 0 Å². The zero-order chi connectivity index (χ0) is 13.1. The van der Waals surface area contributed by atoms with Gasteiger partial charge in [-0.15, -0.1) is 0 Å². The van der Waals surface area contributed by atoms with Crippen molar-refractivity contribution >= 4 is 5.97 Å². The van der Waals surface area contributed by atoms with E-state index in [2.05, 4.69) is 6.92 Å². The molecule has 0 aromatic carbocycles. The molecule has 0 aliphatic heterocycles. The van der Waals surface area contributed by atoms with Gasteiger partial charge in [-0.05, 0) is 19.3 Å². The quantitative estimate of drug-likeness (QED) is 0.411. The molecular formula is C16H30O2. The molecule has 0 heterocycles. The summed E-state index contributed by atoms with van der Waals surface area (Å²) in [4.78, 5) is 11.6. The lowest BCUT2D eigenvalue weighted by molar-refractivity contribution is -0.148. The topological polar surface area (TPSA) is 26.3 Å².